The van der Waals surface area contributed by atoms with Gasteiger partial charge in [-0.2, -0.15) is 12.6 Å². The zero-order valence-electron chi connectivity index (χ0n) is 9.00. The third-order valence-corrected chi connectivity index (χ3v) is 1.82. The quantitative estimate of drug-likeness (QED) is 0.554. The van der Waals surface area contributed by atoms with Crippen LogP contribution in [0.25, 0.3) is 0 Å². The van der Waals surface area contributed by atoms with Gasteiger partial charge < -0.3 is 4.74 Å². The third kappa shape index (κ3) is 5.16. The van der Waals surface area contributed by atoms with Gasteiger partial charge in [0.2, 0.25) is 0 Å². The summed E-state index contributed by atoms with van der Waals surface area (Å²) >= 11 is 4.10. The van der Waals surface area contributed by atoms with Gasteiger partial charge in [-0.05, 0) is 34.9 Å². The first-order valence-electron chi connectivity index (χ1n) is 4.28. The van der Waals surface area contributed by atoms with E-state index in [0.29, 0.717) is 5.75 Å². The fourth-order valence-corrected chi connectivity index (χ4v) is 1.29. The highest BCUT2D eigenvalue weighted by atomic mass is 32.1. The Labute approximate surface area is 85.8 Å². The van der Waals surface area contributed by atoms with Gasteiger partial charge in [-0.15, -0.1) is 0 Å². The zero-order valence-corrected chi connectivity index (χ0v) is 9.89. The Bertz CT molecular complexity index is 175. The summed E-state index contributed by atoms with van der Waals surface area (Å²) in [4.78, 5) is 13.3. The van der Waals surface area contributed by atoms with E-state index in [1.807, 2.05) is 34.9 Å². The van der Waals surface area contributed by atoms with Crippen LogP contribution in [0.2, 0.25) is 0 Å². The standard InChI is InChI=1S/C9H19NO2S/c1-9(2,3)12-8(11)7(6-13)10(4)5/h7,13H,6H2,1-5H3. The van der Waals surface area contributed by atoms with Gasteiger partial charge in [0, 0.05) is 5.75 Å². The van der Waals surface area contributed by atoms with Crippen LogP contribution in [0, 0.1) is 0 Å². The first-order chi connectivity index (χ1) is 5.78. The molecule has 0 spiro atoms. The molecule has 0 saturated heterocycles. The second-order valence-corrected chi connectivity index (χ2v) is 4.56. The number of carbonyl (C=O) groups excluding carboxylic acids is 1. The van der Waals surface area contributed by atoms with E-state index >= 15 is 0 Å². The molecule has 0 heterocycles. The van der Waals surface area contributed by atoms with E-state index in [4.69, 9.17) is 4.74 Å². The van der Waals surface area contributed by atoms with Crippen molar-refractivity contribution in [3.63, 3.8) is 0 Å². The van der Waals surface area contributed by atoms with Gasteiger partial charge in [0.1, 0.15) is 11.6 Å². The van der Waals surface area contributed by atoms with E-state index in [1.54, 1.807) is 4.90 Å². The normalized spacial score (nSPS) is 14.4. The summed E-state index contributed by atoms with van der Waals surface area (Å²) in [5.41, 5.74) is -0.422. The fraction of sp³-hybridized carbons (Fsp3) is 0.889. The lowest BCUT2D eigenvalue weighted by molar-refractivity contribution is -0.159. The number of esters is 1. The summed E-state index contributed by atoms with van der Waals surface area (Å²) in [6.45, 7) is 5.57. The lowest BCUT2D eigenvalue weighted by Gasteiger charge is -2.26. The predicted octanol–water partition coefficient (Wildman–Crippen LogP) is 1.19. The molecule has 78 valence electrons. The van der Waals surface area contributed by atoms with Crippen LogP contribution in [0.3, 0.4) is 0 Å². The molecule has 0 aromatic rings. The van der Waals surface area contributed by atoms with Gasteiger partial charge in [0.25, 0.3) is 0 Å². The number of carbonyl (C=O) groups is 1. The monoisotopic (exact) mass is 205 g/mol. The number of rotatable bonds is 3. The Morgan fingerprint density at radius 3 is 2.15 bits per heavy atom. The van der Waals surface area contributed by atoms with Crippen molar-refractivity contribution in [2.75, 3.05) is 19.8 Å². The van der Waals surface area contributed by atoms with Crippen molar-refractivity contribution in [3.05, 3.63) is 0 Å². The van der Waals surface area contributed by atoms with Crippen LogP contribution in [0.15, 0.2) is 0 Å². The average Bonchev–Trinajstić information content (AvgIpc) is 1.82. The molecule has 4 heteroatoms. The number of likely N-dealkylation sites (N-methyl/N-ethyl adjacent to an activating group) is 1. The zero-order chi connectivity index (χ0) is 10.6. The molecule has 1 atom stereocenters. The highest BCUT2D eigenvalue weighted by molar-refractivity contribution is 7.80. The van der Waals surface area contributed by atoms with E-state index in [0.717, 1.165) is 0 Å². The molecular formula is C9H19NO2S. The molecule has 0 aliphatic rings. The van der Waals surface area contributed by atoms with E-state index in [9.17, 15) is 4.79 Å². The van der Waals surface area contributed by atoms with Crippen LogP contribution in [0.4, 0.5) is 0 Å². The molecule has 0 amide bonds. The predicted molar refractivity (Wildman–Crippen MR) is 57.2 cm³/mol. The van der Waals surface area contributed by atoms with Crippen LogP contribution in [-0.2, 0) is 9.53 Å². The average molecular weight is 205 g/mol. The minimum absolute atomic E-state index is 0.215. The molecule has 0 aliphatic heterocycles. The van der Waals surface area contributed by atoms with E-state index in [1.165, 1.54) is 0 Å². The molecule has 0 saturated carbocycles. The number of hydrogen-bond donors (Lipinski definition) is 1. The van der Waals surface area contributed by atoms with Gasteiger partial charge in [0.15, 0.2) is 0 Å². The van der Waals surface area contributed by atoms with Crippen molar-refractivity contribution >= 4 is 18.6 Å². The third-order valence-electron chi connectivity index (χ3n) is 1.48. The molecule has 0 aromatic carbocycles. The second-order valence-electron chi connectivity index (χ2n) is 4.20. The van der Waals surface area contributed by atoms with Gasteiger partial charge in [-0.1, -0.05) is 0 Å². The molecule has 0 radical (unpaired) electrons. The molecule has 0 fully saturated rings. The highest BCUT2D eigenvalue weighted by Crippen LogP contribution is 2.10. The molecule has 13 heavy (non-hydrogen) atoms. The van der Waals surface area contributed by atoms with Gasteiger partial charge in [-0.25, -0.2) is 0 Å². The first-order valence-corrected chi connectivity index (χ1v) is 4.91. The highest BCUT2D eigenvalue weighted by Gasteiger charge is 2.25. The Kier molecular flexibility index (Phi) is 4.78. The van der Waals surface area contributed by atoms with Crippen molar-refractivity contribution in [3.8, 4) is 0 Å². The minimum Gasteiger partial charge on any atom is -0.459 e. The topological polar surface area (TPSA) is 29.5 Å². The van der Waals surface area contributed by atoms with Crippen LogP contribution in [-0.4, -0.2) is 42.4 Å². The van der Waals surface area contributed by atoms with Crippen LogP contribution in [0.1, 0.15) is 20.8 Å². The molecule has 0 aliphatic carbocycles. The number of ether oxygens (including phenoxy) is 1. The molecule has 3 nitrogen and oxygen atoms in total. The summed E-state index contributed by atoms with van der Waals surface area (Å²) in [5.74, 6) is 0.259. The summed E-state index contributed by atoms with van der Waals surface area (Å²) < 4.78 is 5.22. The summed E-state index contributed by atoms with van der Waals surface area (Å²) in [6, 6.07) is -0.262. The Morgan fingerprint density at radius 1 is 1.46 bits per heavy atom. The van der Waals surface area contributed by atoms with Crippen LogP contribution < -0.4 is 0 Å². The first kappa shape index (κ1) is 12.8. The molecular weight excluding hydrogens is 186 g/mol. The molecule has 0 bridgehead atoms. The van der Waals surface area contributed by atoms with Crippen molar-refractivity contribution in [1.29, 1.82) is 0 Å². The van der Waals surface area contributed by atoms with Crippen molar-refractivity contribution in [2.45, 2.75) is 32.4 Å². The number of nitrogens with zero attached hydrogens (tertiary/aromatic N) is 1. The van der Waals surface area contributed by atoms with Gasteiger partial charge >= 0.3 is 5.97 Å². The van der Waals surface area contributed by atoms with Crippen molar-refractivity contribution in [1.82, 2.24) is 4.90 Å². The molecule has 1 unspecified atom stereocenters. The molecule has 0 N–H and O–H groups in total. The Balaban J connectivity index is 4.23. The largest absolute Gasteiger partial charge is 0.459 e. The SMILES string of the molecule is CN(C)C(CS)C(=O)OC(C)(C)C. The maximum atomic E-state index is 11.5. The lowest BCUT2D eigenvalue weighted by Crippen LogP contribution is -2.41. The van der Waals surface area contributed by atoms with Crippen molar-refractivity contribution in [2.24, 2.45) is 0 Å². The Morgan fingerprint density at radius 2 is 1.92 bits per heavy atom. The smallest absolute Gasteiger partial charge is 0.324 e. The van der Waals surface area contributed by atoms with E-state index in [-0.39, 0.29) is 12.0 Å². The van der Waals surface area contributed by atoms with Crippen LogP contribution >= 0.6 is 12.6 Å². The summed E-state index contributed by atoms with van der Waals surface area (Å²) in [5, 5.41) is 0. The van der Waals surface area contributed by atoms with Crippen LogP contribution in [0.5, 0.6) is 0 Å². The van der Waals surface area contributed by atoms with Gasteiger partial charge in [-0.3, -0.25) is 9.69 Å². The van der Waals surface area contributed by atoms with E-state index in [2.05, 4.69) is 12.6 Å². The second kappa shape index (κ2) is 4.86. The summed E-state index contributed by atoms with van der Waals surface area (Å²) in [6.07, 6.45) is 0. The number of thiol groups is 1. The van der Waals surface area contributed by atoms with E-state index < -0.39 is 5.60 Å². The minimum atomic E-state index is -0.422. The molecule has 0 rings (SSSR count). The molecule has 0 aromatic heterocycles. The summed E-state index contributed by atoms with van der Waals surface area (Å²) in [7, 11) is 3.68. The van der Waals surface area contributed by atoms with Crippen molar-refractivity contribution < 1.29 is 9.53 Å². The lowest BCUT2D eigenvalue weighted by atomic mass is 10.2. The fourth-order valence-electron chi connectivity index (χ4n) is 0.818. The Hall–Kier alpha value is -0.220. The maximum Gasteiger partial charge on any atom is 0.324 e. The number of hydrogen-bond acceptors (Lipinski definition) is 4. The van der Waals surface area contributed by atoms with Gasteiger partial charge in [0.05, 0.1) is 0 Å². The maximum absolute atomic E-state index is 11.5.